The molecule has 166 valence electrons. The first-order valence-corrected chi connectivity index (χ1v) is 10.4. The molecule has 4 aromatic rings. The van der Waals surface area contributed by atoms with Gasteiger partial charge in [-0.15, -0.1) is 0 Å². The zero-order valence-electron chi connectivity index (χ0n) is 17.2. The van der Waals surface area contributed by atoms with Crippen LogP contribution < -0.4 is 20.1 Å². The fourth-order valence-corrected chi connectivity index (χ4v) is 3.75. The van der Waals surface area contributed by atoms with Crippen LogP contribution in [0.1, 0.15) is 9.67 Å². The first-order valence-electron chi connectivity index (χ1n) is 9.60. The molecule has 10 heteroatoms. The third-order valence-electron chi connectivity index (χ3n) is 4.49. The van der Waals surface area contributed by atoms with E-state index in [9.17, 15) is 14.4 Å². The van der Waals surface area contributed by atoms with Crippen molar-refractivity contribution in [2.45, 2.75) is 0 Å². The van der Waals surface area contributed by atoms with E-state index in [4.69, 9.17) is 14.6 Å². The van der Waals surface area contributed by atoms with Gasteiger partial charge in [-0.2, -0.15) is 4.98 Å². The van der Waals surface area contributed by atoms with Crippen LogP contribution in [0.4, 0.5) is 11.5 Å². The van der Waals surface area contributed by atoms with Crippen LogP contribution in [0, 0.1) is 0 Å². The second-order valence-corrected chi connectivity index (χ2v) is 7.68. The number of hydrogen-bond acceptors (Lipinski definition) is 7. The molecule has 0 unspecified atom stereocenters. The molecule has 33 heavy (non-hydrogen) atoms. The lowest BCUT2D eigenvalue weighted by Gasteiger charge is -2.06. The molecule has 3 N–H and O–H groups in total. The Bertz CT molecular complexity index is 1370. The van der Waals surface area contributed by atoms with Gasteiger partial charge in [-0.3, -0.25) is 14.9 Å². The molecule has 0 aliphatic carbocycles. The average Bonchev–Trinajstić information content (AvgIpc) is 3.21. The molecule has 0 atom stereocenters. The number of ether oxygens (including phenoxy) is 2. The molecule has 0 fully saturated rings. The van der Waals surface area contributed by atoms with Crippen LogP contribution in [0.15, 0.2) is 66.7 Å². The van der Waals surface area contributed by atoms with Crippen molar-refractivity contribution in [3.8, 4) is 16.7 Å². The molecular weight excluding hydrogens is 446 g/mol. The van der Waals surface area contributed by atoms with Crippen molar-refractivity contribution in [1.82, 2.24) is 4.98 Å². The number of nitrogens with one attached hydrogen (secondary N) is 2. The van der Waals surface area contributed by atoms with Crippen LogP contribution in [0.5, 0.6) is 16.7 Å². The number of carbonyl (C=O) groups is 3. The van der Waals surface area contributed by atoms with Gasteiger partial charge in [0.05, 0.1) is 7.11 Å². The molecule has 0 radical (unpaired) electrons. The molecule has 0 aliphatic heterocycles. The number of methoxy groups -OCH3 is 1. The van der Waals surface area contributed by atoms with E-state index in [1.165, 1.54) is 7.11 Å². The highest BCUT2D eigenvalue weighted by molar-refractivity contribution is 7.16. The topological polar surface area (TPSA) is 127 Å². The molecule has 0 spiro atoms. The fraction of sp³-hybridized carbons (Fsp3) is 0.0435. The van der Waals surface area contributed by atoms with Crippen LogP contribution in [-0.4, -0.2) is 35.0 Å². The van der Waals surface area contributed by atoms with Gasteiger partial charge in [-0.25, -0.2) is 4.79 Å². The lowest BCUT2D eigenvalue weighted by molar-refractivity contribution is -0.147. The van der Waals surface area contributed by atoms with Gasteiger partial charge >= 0.3 is 11.9 Å². The van der Waals surface area contributed by atoms with E-state index in [1.807, 2.05) is 30.3 Å². The summed E-state index contributed by atoms with van der Waals surface area (Å²) in [4.78, 5) is 39.7. The number of nitrogens with zero attached hydrogens (tertiary/aromatic N) is 1. The van der Waals surface area contributed by atoms with Crippen molar-refractivity contribution in [1.29, 1.82) is 0 Å². The Hall–Kier alpha value is -4.44. The first kappa shape index (κ1) is 21.8. The number of anilines is 2. The number of amides is 2. The Morgan fingerprint density at radius 1 is 0.909 bits per heavy atom. The molecule has 0 bridgehead atoms. The van der Waals surface area contributed by atoms with Gasteiger partial charge < -0.3 is 19.9 Å². The minimum absolute atomic E-state index is 0.0179. The van der Waals surface area contributed by atoms with E-state index >= 15 is 0 Å². The third-order valence-corrected chi connectivity index (χ3v) is 5.43. The highest BCUT2D eigenvalue weighted by Crippen LogP contribution is 2.34. The fourth-order valence-electron chi connectivity index (χ4n) is 2.96. The number of rotatable bonds is 6. The predicted octanol–water partition coefficient (Wildman–Crippen LogP) is 4.37. The van der Waals surface area contributed by atoms with E-state index in [1.54, 1.807) is 36.4 Å². The SMILES string of the molecule is COc1cccc(Oc2nc(NC(=O)C(=O)O)c(C(=O)Nc3ccc4ccccc4c3)s2)c1. The van der Waals surface area contributed by atoms with Gasteiger partial charge in [0.2, 0.25) is 0 Å². The minimum Gasteiger partial charge on any atom is -0.497 e. The van der Waals surface area contributed by atoms with Gasteiger partial charge in [0, 0.05) is 11.8 Å². The Morgan fingerprint density at radius 3 is 2.42 bits per heavy atom. The van der Waals surface area contributed by atoms with Crippen molar-refractivity contribution < 1.29 is 29.0 Å². The predicted molar refractivity (Wildman–Crippen MR) is 123 cm³/mol. The Balaban J connectivity index is 1.62. The van der Waals surface area contributed by atoms with E-state index in [0.29, 0.717) is 17.2 Å². The van der Waals surface area contributed by atoms with Gasteiger partial charge in [0.15, 0.2) is 5.82 Å². The van der Waals surface area contributed by atoms with Gasteiger partial charge in [0.1, 0.15) is 16.4 Å². The zero-order chi connectivity index (χ0) is 23.4. The maximum absolute atomic E-state index is 13.0. The Kier molecular flexibility index (Phi) is 6.18. The summed E-state index contributed by atoms with van der Waals surface area (Å²) in [6, 6.07) is 19.8. The molecule has 1 heterocycles. The summed E-state index contributed by atoms with van der Waals surface area (Å²) in [5.74, 6) is -2.89. The van der Waals surface area contributed by atoms with Crippen molar-refractivity contribution in [2.24, 2.45) is 0 Å². The average molecular weight is 463 g/mol. The molecule has 0 saturated heterocycles. The molecular formula is C23H17N3O6S. The number of hydrogen-bond donors (Lipinski definition) is 3. The Morgan fingerprint density at radius 2 is 1.67 bits per heavy atom. The summed E-state index contributed by atoms with van der Waals surface area (Å²) in [6.07, 6.45) is 0. The van der Waals surface area contributed by atoms with Crippen LogP contribution >= 0.6 is 11.3 Å². The smallest absolute Gasteiger partial charge is 0.394 e. The molecule has 0 aliphatic rings. The maximum Gasteiger partial charge on any atom is 0.394 e. The normalized spacial score (nSPS) is 10.5. The summed E-state index contributed by atoms with van der Waals surface area (Å²) >= 11 is 0.859. The number of benzene rings is 3. The number of thiazole rings is 1. The molecule has 3 aromatic carbocycles. The monoisotopic (exact) mass is 463 g/mol. The second kappa shape index (κ2) is 9.37. The highest BCUT2D eigenvalue weighted by atomic mass is 32.1. The number of fused-ring (bicyclic) bond motifs is 1. The summed E-state index contributed by atoms with van der Waals surface area (Å²) in [7, 11) is 1.51. The van der Waals surface area contributed by atoms with Gasteiger partial charge in [-0.05, 0) is 35.0 Å². The van der Waals surface area contributed by atoms with Crippen LogP contribution in [-0.2, 0) is 9.59 Å². The zero-order valence-corrected chi connectivity index (χ0v) is 18.0. The van der Waals surface area contributed by atoms with Crippen molar-refractivity contribution in [3.05, 3.63) is 71.6 Å². The minimum atomic E-state index is -1.71. The molecule has 2 amide bonds. The van der Waals surface area contributed by atoms with Crippen molar-refractivity contribution in [2.75, 3.05) is 17.7 Å². The molecule has 0 saturated carbocycles. The van der Waals surface area contributed by atoms with Crippen LogP contribution in [0.2, 0.25) is 0 Å². The second-order valence-electron chi connectivity index (χ2n) is 6.71. The standard InChI is InChI=1S/C23H17N3O6S/c1-31-16-7-4-8-17(12-16)32-23-26-19(25-21(28)22(29)30)18(33-23)20(27)24-15-10-9-13-5-2-3-6-14(13)11-15/h2-12H,1H3,(H,24,27)(H,25,28)(H,29,30). The lowest BCUT2D eigenvalue weighted by atomic mass is 10.1. The lowest BCUT2D eigenvalue weighted by Crippen LogP contribution is -2.23. The van der Waals surface area contributed by atoms with E-state index < -0.39 is 17.8 Å². The summed E-state index contributed by atoms with van der Waals surface area (Å²) < 4.78 is 10.8. The highest BCUT2D eigenvalue weighted by Gasteiger charge is 2.23. The van der Waals surface area contributed by atoms with Crippen LogP contribution in [0.25, 0.3) is 10.8 Å². The van der Waals surface area contributed by atoms with Crippen LogP contribution in [0.3, 0.4) is 0 Å². The number of carboxylic acids is 1. The van der Waals surface area contributed by atoms with E-state index in [2.05, 4.69) is 15.6 Å². The summed E-state index contributed by atoms with van der Waals surface area (Å²) in [5, 5.41) is 15.8. The number of carboxylic acid groups (broad SMARTS) is 1. The number of carbonyl (C=O) groups excluding carboxylic acids is 2. The Labute approximate surface area is 191 Å². The molecule has 4 rings (SSSR count). The third kappa shape index (κ3) is 5.08. The maximum atomic E-state index is 13.0. The largest absolute Gasteiger partial charge is 0.497 e. The van der Waals surface area contributed by atoms with E-state index in [-0.39, 0.29) is 15.9 Å². The van der Waals surface area contributed by atoms with Crippen molar-refractivity contribution in [3.63, 3.8) is 0 Å². The van der Waals surface area contributed by atoms with E-state index in [0.717, 1.165) is 22.1 Å². The summed E-state index contributed by atoms with van der Waals surface area (Å²) in [6.45, 7) is 0. The number of aliphatic carboxylic acids is 1. The number of aromatic nitrogens is 1. The molecule has 9 nitrogen and oxygen atoms in total. The molecule has 1 aromatic heterocycles. The quantitative estimate of drug-likeness (QED) is 0.362. The van der Waals surface area contributed by atoms with Gasteiger partial charge in [0.25, 0.3) is 11.1 Å². The van der Waals surface area contributed by atoms with Crippen molar-refractivity contribution >= 4 is 51.4 Å². The summed E-state index contributed by atoms with van der Waals surface area (Å²) in [5.41, 5.74) is 0.526. The van der Waals surface area contributed by atoms with Gasteiger partial charge in [-0.1, -0.05) is 47.7 Å². The first-order chi connectivity index (χ1) is 15.9.